The number of carbonyl (C=O) groups excluding carboxylic acids is 2. The van der Waals surface area contributed by atoms with Gasteiger partial charge in [-0.2, -0.15) is 0 Å². The second-order valence-corrected chi connectivity index (χ2v) is 8.39. The summed E-state index contributed by atoms with van der Waals surface area (Å²) in [6.07, 6.45) is 5.72. The first-order valence-electron chi connectivity index (χ1n) is 10.9. The zero-order chi connectivity index (χ0) is 21.2. The summed E-state index contributed by atoms with van der Waals surface area (Å²) < 4.78 is 0. The van der Waals surface area contributed by atoms with Crippen molar-refractivity contribution < 1.29 is 14.7 Å². The van der Waals surface area contributed by atoms with Gasteiger partial charge >= 0.3 is 0 Å². The van der Waals surface area contributed by atoms with Crippen molar-refractivity contribution in [1.29, 1.82) is 0 Å². The number of anilines is 1. The van der Waals surface area contributed by atoms with Crippen molar-refractivity contribution in [3.8, 4) is 0 Å². The molecule has 0 bridgehead atoms. The summed E-state index contributed by atoms with van der Waals surface area (Å²) in [6, 6.07) is 5.60. The van der Waals surface area contributed by atoms with Crippen LogP contribution in [0.4, 0.5) is 5.69 Å². The Balaban J connectivity index is 2.40. The molecule has 2 rings (SSSR count). The van der Waals surface area contributed by atoms with Crippen molar-refractivity contribution >= 4 is 17.5 Å². The third-order valence-electron chi connectivity index (χ3n) is 5.28. The van der Waals surface area contributed by atoms with Gasteiger partial charge in [0.1, 0.15) is 0 Å². The monoisotopic (exact) mass is 403 g/mol. The molecular weight excluding hydrogens is 366 g/mol. The minimum absolute atomic E-state index is 0.0381. The second kappa shape index (κ2) is 11.9. The molecule has 0 aliphatic carbocycles. The van der Waals surface area contributed by atoms with Crippen molar-refractivity contribution in [2.24, 2.45) is 5.92 Å². The van der Waals surface area contributed by atoms with E-state index in [1.54, 1.807) is 13.0 Å². The highest BCUT2D eigenvalue weighted by Crippen LogP contribution is 2.26. The SMILES string of the molecule is CC(=O)N1CCCCCCCN(CC(C)C)Cc2cc(C(=O)NCCO)ccc21. The maximum atomic E-state index is 12.4. The molecule has 1 aliphatic heterocycles. The van der Waals surface area contributed by atoms with E-state index in [-0.39, 0.29) is 25.0 Å². The van der Waals surface area contributed by atoms with Gasteiger partial charge in [-0.1, -0.05) is 33.1 Å². The average Bonchev–Trinajstić information content (AvgIpc) is 2.66. The zero-order valence-electron chi connectivity index (χ0n) is 18.2. The summed E-state index contributed by atoms with van der Waals surface area (Å²) in [4.78, 5) is 29.1. The molecule has 6 nitrogen and oxygen atoms in total. The van der Waals surface area contributed by atoms with Gasteiger partial charge in [-0.15, -0.1) is 0 Å². The van der Waals surface area contributed by atoms with Crippen LogP contribution in [-0.2, 0) is 11.3 Å². The number of hydrogen-bond donors (Lipinski definition) is 2. The Morgan fingerprint density at radius 1 is 1.10 bits per heavy atom. The van der Waals surface area contributed by atoms with Gasteiger partial charge in [0.05, 0.1) is 6.61 Å². The summed E-state index contributed by atoms with van der Waals surface area (Å²) in [5.41, 5.74) is 2.49. The molecule has 1 heterocycles. The molecule has 0 spiro atoms. The average molecular weight is 404 g/mol. The highest BCUT2D eigenvalue weighted by molar-refractivity contribution is 5.97. The Morgan fingerprint density at radius 3 is 2.45 bits per heavy atom. The Labute approximate surface area is 175 Å². The third-order valence-corrected chi connectivity index (χ3v) is 5.28. The van der Waals surface area contributed by atoms with Gasteiger partial charge in [-0.05, 0) is 49.1 Å². The zero-order valence-corrected chi connectivity index (χ0v) is 18.2. The molecule has 0 unspecified atom stereocenters. The lowest BCUT2D eigenvalue weighted by molar-refractivity contribution is -0.116. The lowest BCUT2D eigenvalue weighted by atomic mass is 10.0. The topological polar surface area (TPSA) is 72.9 Å². The largest absolute Gasteiger partial charge is 0.395 e. The summed E-state index contributed by atoms with van der Waals surface area (Å²) in [6.45, 7) is 9.64. The molecule has 29 heavy (non-hydrogen) atoms. The van der Waals surface area contributed by atoms with Crippen molar-refractivity contribution in [3.63, 3.8) is 0 Å². The Hall–Kier alpha value is -1.92. The quantitative estimate of drug-likeness (QED) is 0.792. The molecule has 2 N–H and O–H groups in total. The lowest BCUT2D eigenvalue weighted by Crippen LogP contribution is -2.34. The number of carbonyl (C=O) groups is 2. The maximum Gasteiger partial charge on any atom is 0.251 e. The Bertz CT molecular complexity index is 675. The van der Waals surface area contributed by atoms with Crippen LogP contribution in [0.3, 0.4) is 0 Å². The van der Waals surface area contributed by atoms with E-state index < -0.39 is 0 Å². The predicted molar refractivity (Wildman–Crippen MR) is 117 cm³/mol. The molecule has 2 amide bonds. The van der Waals surface area contributed by atoms with E-state index in [2.05, 4.69) is 24.1 Å². The summed E-state index contributed by atoms with van der Waals surface area (Å²) in [5, 5.41) is 11.7. The molecule has 1 aromatic carbocycles. The third kappa shape index (κ3) is 7.44. The fraction of sp³-hybridized carbons (Fsp3) is 0.652. The molecule has 0 radical (unpaired) electrons. The maximum absolute atomic E-state index is 12.4. The van der Waals surface area contributed by atoms with Crippen molar-refractivity contribution in [3.05, 3.63) is 29.3 Å². The fourth-order valence-corrected chi connectivity index (χ4v) is 3.96. The van der Waals surface area contributed by atoms with Crippen LogP contribution in [0, 0.1) is 5.92 Å². The molecule has 0 atom stereocenters. The van der Waals surface area contributed by atoms with E-state index in [1.807, 2.05) is 17.0 Å². The van der Waals surface area contributed by atoms with Crippen LogP contribution in [0.2, 0.25) is 0 Å². The smallest absolute Gasteiger partial charge is 0.251 e. The van der Waals surface area contributed by atoms with Crippen LogP contribution in [-0.4, -0.2) is 54.6 Å². The first kappa shape index (κ1) is 23.4. The number of aliphatic hydroxyl groups excluding tert-OH is 1. The Morgan fingerprint density at radius 2 is 1.79 bits per heavy atom. The number of hydrogen-bond acceptors (Lipinski definition) is 4. The highest BCUT2D eigenvalue weighted by Gasteiger charge is 2.20. The first-order valence-corrected chi connectivity index (χ1v) is 10.9. The lowest BCUT2D eigenvalue weighted by Gasteiger charge is -2.30. The summed E-state index contributed by atoms with van der Waals surface area (Å²) in [5.74, 6) is 0.389. The van der Waals surface area contributed by atoms with Gasteiger partial charge in [-0.3, -0.25) is 14.5 Å². The van der Waals surface area contributed by atoms with E-state index >= 15 is 0 Å². The van der Waals surface area contributed by atoms with E-state index in [1.165, 1.54) is 19.3 Å². The predicted octanol–water partition coefficient (Wildman–Crippen LogP) is 3.18. The minimum atomic E-state index is -0.197. The van der Waals surface area contributed by atoms with Gasteiger partial charge in [0, 0.05) is 44.4 Å². The molecule has 0 saturated carbocycles. The second-order valence-electron chi connectivity index (χ2n) is 8.39. The van der Waals surface area contributed by atoms with E-state index in [0.29, 0.717) is 18.0 Å². The van der Waals surface area contributed by atoms with Gasteiger partial charge < -0.3 is 15.3 Å². The van der Waals surface area contributed by atoms with Gasteiger partial charge in [0.2, 0.25) is 5.91 Å². The molecule has 162 valence electrons. The molecule has 1 aromatic rings. The van der Waals surface area contributed by atoms with Crippen molar-refractivity contribution in [2.75, 3.05) is 37.7 Å². The first-order chi connectivity index (χ1) is 13.9. The van der Waals surface area contributed by atoms with Crippen molar-refractivity contribution in [1.82, 2.24) is 10.2 Å². The highest BCUT2D eigenvalue weighted by atomic mass is 16.3. The number of rotatable bonds is 5. The number of fused-ring (bicyclic) bond motifs is 1. The fourth-order valence-electron chi connectivity index (χ4n) is 3.96. The van der Waals surface area contributed by atoms with Crippen molar-refractivity contribution in [2.45, 2.75) is 59.4 Å². The minimum Gasteiger partial charge on any atom is -0.395 e. The van der Waals surface area contributed by atoms with Crippen LogP contribution in [0.15, 0.2) is 18.2 Å². The normalized spacial score (nSPS) is 16.7. The molecule has 0 saturated heterocycles. The Kier molecular flexibility index (Phi) is 9.61. The van der Waals surface area contributed by atoms with Crippen LogP contribution in [0.5, 0.6) is 0 Å². The number of benzene rings is 1. The molecule has 1 aliphatic rings. The summed E-state index contributed by atoms with van der Waals surface area (Å²) >= 11 is 0. The number of aliphatic hydroxyl groups is 1. The molecule has 6 heteroatoms. The van der Waals surface area contributed by atoms with Gasteiger partial charge in [0.15, 0.2) is 0 Å². The van der Waals surface area contributed by atoms with E-state index in [4.69, 9.17) is 5.11 Å². The van der Waals surface area contributed by atoms with E-state index in [0.717, 1.165) is 43.7 Å². The molecular formula is C23H37N3O3. The van der Waals surface area contributed by atoms with Gasteiger partial charge in [0.25, 0.3) is 5.91 Å². The van der Waals surface area contributed by atoms with E-state index in [9.17, 15) is 9.59 Å². The standard InChI is InChI=1S/C23H37N3O3/c1-18(2)16-25-12-7-5-4-6-8-13-26(19(3)28)22-10-9-20(15-21(22)17-25)23(29)24-11-14-27/h9-10,15,18,27H,4-8,11-14,16-17H2,1-3H3,(H,24,29). The van der Waals surface area contributed by atoms with Crippen LogP contribution in [0.25, 0.3) is 0 Å². The van der Waals surface area contributed by atoms with Crippen LogP contribution in [0.1, 0.15) is 68.8 Å². The molecule has 0 aromatic heterocycles. The van der Waals surface area contributed by atoms with Crippen LogP contribution < -0.4 is 10.2 Å². The number of nitrogens with one attached hydrogen (secondary N) is 1. The summed E-state index contributed by atoms with van der Waals surface area (Å²) in [7, 11) is 0. The van der Waals surface area contributed by atoms with Crippen LogP contribution >= 0.6 is 0 Å². The van der Waals surface area contributed by atoms with Gasteiger partial charge in [-0.25, -0.2) is 0 Å². The molecule has 0 fully saturated rings. The number of amides is 2. The number of nitrogens with zero attached hydrogens (tertiary/aromatic N) is 2.